The van der Waals surface area contributed by atoms with Crippen molar-refractivity contribution in [3.63, 3.8) is 0 Å². The maximum Gasteiger partial charge on any atom is 0.140 e. The largest absolute Gasteiger partial charge is 0.295 e. The Bertz CT molecular complexity index is 1410. The van der Waals surface area contributed by atoms with E-state index in [1.807, 2.05) is 12.1 Å². The van der Waals surface area contributed by atoms with Gasteiger partial charge in [-0.2, -0.15) is 0 Å². The molecule has 0 bridgehead atoms. The highest BCUT2D eigenvalue weighted by Gasteiger charge is 2.25. The average molecular weight is 498 g/mol. The predicted octanol–water partition coefficient (Wildman–Crippen LogP) is 8.98. The minimum absolute atomic E-state index is 0.148. The van der Waals surface area contributed by atoms with Gasteiger partial charge in [-0.05, 0) is 111 Å². The average Bonchev–Trinajstić information content (AvgIpc) is 2.89. The first-order chi connectivity index (χ1) is 18.3. The molecule has 0 saturated carbocycles. The maximum absolute atomic E-state index is 4.56. The number of para-hydroxylation sites is 1. The Kier molecular flexibility index (Phi) is 7.11. The lowest BCUT2D eigenvalue weighted by atomic mass is 9.77. The van der Waals surface area contributed by atoms with Crippen LogP contribution in [-0.2, 0) is 0 Å². The molecule has 0 aliphatic rings. The van der Waals surface area contributed by atoms with E-state index in [2.05, 4.69) is 129 Å². The van der Waals surface area contributed by atoms with Crippen molar-refractivity contribution in [2.75, 3.05) is 4.90 Å². The first-order valence-corrected chi connectivity index (χ1v) is 13.2. The number of aryl methyl sites for hydroxylation is 6. The second kappa shape index (κ2) is 10.6. The molecule has 3 heteroatoms. The molecule has 1 heterocycles. The molecule has 5 aromatic rings. The molecule has 0 atom stereocenters. The van der Waals surface area contributed by atoms with Crippen LogP contribution in [-0.4, -0.2) is 9.97 Å². The summed E-state index contributed by atoms with van der Waals surface area (Å²) in [5.41, 5.74) is 14.2. The summed E-state index contributed by atoms with van der Waals surface area (Å²) in [6, 6.07) is 30.6. The first-order valence-electron chi connectivity index (χ1n) is 13.2. The fourth-order valence-corrected chi connectivity index (χ4v) is 5.99. The molecule has 3 nitrogen and oxygen atoms in total. The van der Waals surface area contributed by atoms with Gasteiger partial charge in [0.2, 0.25) is 0 Å². The summed E-state index contributed by atoms with van der Waals surface area (Å²) < 4.78 is 0. The van der Waals surface area contributed by atoms with E-state index in [1.165, 1.54) is 50.1 Å². The van der Waals surface area contributed by atoms with E-state index in [-0.39, 0.29) is 5.92 Å². The third-order valence-corrected chi connectivity index (χ3v) is 7.35. The van der Waals surface area contributed by atoms with E-state index in [1.54, 1.807) is 12.5 Å². The number of hydrogen-bond acceptors (Lipinski definition) is 3. The molecule has 5 rings (SSSR count). The quantitative estimate of drug-likeness (QED) is 0.219. The SMILES string of the molecule is Cc1cc(C)c(C(c2ccc(N(c3ccccc3)c3ccncn3)cc2)c2c(C)cc(C)cc2C)c(C)c1. The summed E-state index contributed by atoms with van der Waals surface area (Å²) in [6.45, 7) is 13.4. The molecular formula is C35H35N3. The summed E-state index contributed by atoms with van der Waals surface area (Å²) in [4.78, 5) is 10.9. The molecule has 4 aromatic carbocycles. The van der Waals surface area contributed by atoms with Crippen molar-refractivity contribution in [2.45, 2.75) is 47.5 Å². The van der Waals surface area contributed by atoms with Crippen LogP contribution in [0, 0.1) is 41.5 Å². The van der Waals surface area contributed by atoms with E-state index in [4.69, 9.17) is 0 Å². The number of hydrogen-bond donors (Lipinski definition) is 0. The van der Waals surface area contributed by atoms with Crippen LogP contribution in [0.2, 0.25) is 0 Å². The smallest absolute Gasteiger partial charge is 0.140 e. The lowest BCUT2D eigenvalue weighted by Gasteiger charge is -2.28. The monoisotopic (exact) mass is 497 g/mol. The minimum atomic E-state index is 0.148. The van der Waals surface area contributed by atoms with E-state index >= 15 is 0 Å². The highest BCUT2D eigenvalue weighted by Crippen LogP contribution is 2.41. The van der Waals surface area contributed by atoms with Gasteiger partial charge in [-0.3, -0.25) is 4.90 Å². The van der Waals surface area contributed by atoms with Crippen LogP contribution in [0.3, 0.4) is 0 Å². The molecule has 0 unspecified atom stereocenters. The van der Waals surface area contributed by atoms with Gasteiger partial charge in [0.15, 0.2) is 0 Å². The van der Waals surface area contributed by atoms with Crippen molar-refractivity contribution in [1.29, 1.82) is 0 Å². The van der Waals surface area contributed by atoms with Gasteiger partial charge >= 0.3 is 0 Å². The second-order valence-electron chi connectivity index (χ2n) is 10.4. The Morgan fingerprint density at radius 3 is 1.55 bits per heavy atom. The molecule has 0 N–H and O–H groups in total. The van der Waals surface area contributed by atoms with Gasteiger partial charge in [-0.1, -0.05) is 65.7 Å². The zero-order valence-electron chi connectivity index (χ0n) is 23.2. The molecule has 0 fully saturated rings. The van der Waals surface area contributed by atoms with Crippen LogP contribution >= 0.6 is 0 Å². The van der Waals surface area contributed by atoms with E-state index in [0.29, 0.717) is 0 Å². The van der Waals surface area contributed by atoms with Crippen molar-refractivity contribution in [3.05, 3.63) is 148 Å². The number of nitrogens with zero attached hydrogens (tertiary/aromatic N) is 3. The number of anilines is 3. The molecule has 0 aliphatic carbocycles. The van der Waals surface area contributed by atoms with Crippen molar-refractivity contribution in [3.8, 4) is 0 Å². The molecule has 0 amide bonds. The lowest BCUT2D eigenvalue weighted by molar-refractivity contribution is 0.919. The van der Waals surface area contributed by atoms with Crippen LogP contribution in [0.25, 0.3) is 0 Å². The van der Waals surface area contributed by atoms with Gasteiger partial charge in [0.1, 0.15) is 12.1 Å². The zero-order valence-corrected chi connectivity index (χ0v) is 23.2. The van der Waals surface area contributed by atoms with Crippen molar-refractivity contribution >= 4 is 17.2 Å². The van der Waals surface area contributed by atoms with Crippen molar-refractivity contribution < 1.29 is 0 Å². The molecule has 0 spiro atoms. The lowest BCUT2D eigenvalue weighted by Crippen LogP contribution is -2.13. The predicted molar refractivity (Wildman–Crippen MR) is 159 cm³/mol. The molecule has 190 valence electrons. The normalized spacial score (nSPS) is 11.1. The van der Waals surface area contributed by atoms with E-state index in [0.717, 1.165) is 17.2 Å². The highest BCUT2D eigenvalue weighted by molar-refractivity contribution is 5.74. The highest BCUT2D eigenvalue weighted by atomic mass is 15.2. The summed E-state index contributed by atoms with van der Waals surface area (Å²) >= 11 is 0. The van der Waals surface area contributed by atoms with E-state index < -0.39 is 0 Å². The number of rotatable bonds is 6. The van der Waals surface area contributed by atoms with E-state index in [9.17, 15) is 0 Å². The van der Waals surface area contributed by atoms with Gasteiger partial charge in [-0.15, -0.1) is 0 Å². The topological polar surface area (TPSA) is 29.0 Å². The van der Waals surface area contributed by atoms with Crippen molar-refractivity contribution in [2.24, 2.45) is 0 Å². The third-order valence-electron chi connectivity index (χ3n) is 7.35. The van der Waals surface area contributed by atoms with Crippen LogP contribution in [0.1, 0.15) is 56.0 Å². The Balaban J connectivity index is 1.68. The second-order valence-corrected chi connectivity index (χ2v) is 10.4. The summed E-state index contributed by atoms with van der Waals surface area (Å²) in [6.07, 6.45) is 3.39. The molecule has 0 radical (unpaired) electrons. The Morgan fingerprint density at radius 2 is 1.08 bits per heavy atom. The standard InChI is InChI=1S/C35H35N3/c1-23-18-25(3)33(26(4)19-23)35(34-27(5)20-24(2)21-28(34)6)29-12-14-31(15-13-29)38(30-10-8-7-9-11-30)32-16-17-36-22-37-32/h7-22,35H,1-6H3. The molecule has 0 aliphatic heterocycles. The Labute approximate surface area is 226 Å². The maximum atomic E-state index is 4.56. The van der Waals surface area contributed by atoms with Gasteiger partial charge in [-0.25, -0.2) is 9.97 Å². The zero-order chi connectivity index (χ0) is 26.8. The molecule has 38 heavy (non-hydrogen) atoms. The molecular weight excluding hydrogens is 462 g/mol. The summed E-state index contributed by atoms with van der Waals surface area (Å²) in [5, 5.41) is 0. The van der Waals surface area contributed by atoms with Crippen LogP contribution in [0.15, 0.2) is 97.5 Å². The van der Waals surface area contributed by atoms with Crippen LogP contribution in [0.4, 0.5) is 17.2 Å². The third kappa shape index (κ3) is 4.97. The summed E-state index contributed by atoms with van der Waals surface area (Å²) in [5.74, 6) is 0.987. The van der Waals surface area contributed by atoms with Gasteiger partial charge < -0.3 is 0 Å². The fourth-order valence-electron chi connectivity index (χ4n) is 5.99. The Hall–Kier alpha value is -4.24. The van der Waals surface area contributed by atoms with Gasteiger partial charge in [0.05, 0.1) is 0 Å². The first kappa shape index (κ1) is 25.4. The van der Waals surface area contributed by atoms with Gasteiger partial charge in [0, 0.05) is 23.5 Å². The molecule has 1 aromatic heterocycles. The molecule has 0 saturated heterocycles. The summed E-state index contributed by atoms with van der Waals surface area (Å²) in [7, 11) is 0. The van der Waals surface area contributed by atoms with Crippen molar-refractivity contribution in [1.82, 2.24) is 9.97 Å². The van der Waals surface area contributed by atoms with Crippen LogP contribution < -0.4 is 4.90 Å². The minimum Gasteiger partial charge on any atom is -0.295 e. The fraction of sp³-hybridized carbons (Fsp3) is 0.200. The van der Waals surface area contributed by atoms with Gasteiger partial charge in [0.25, 0.3) is 0 Å². The number of benzene rings is 4. The Morgan fingerprint density at radius 1 is 0.579 bits per heavy atom. The number of aromatic nitrogens is 2. The van der Waals surface area contributed by atoms with Crippen LogP contribution in [0.5, 0.6) is 0 Å².